The van der Waals surface area contributed by atoms with E-state index in [2.05, 4.69) is 25.1 Å². The molecule has 0 unspecified atom stereocenters. The second-order valence-corrected chi connectivity index (χ2v) is 9.52. The number of nitrogens with two attached hydrogens (primary N) is 1. The lowest BCUT2D eigenvalue weighted by atomic mass is 10.1. The first-order valence-corrected chi connectivity index (χ1v) is 12.8. The lowest BCUT2D eigenvalue weighted by molar-refractivity contribution is -0.117. The van der Waals surface area contributed by atoms with Crippen molar-refractivity contribution in [1.82, 2.24) is 25.1 Å². The highest BCUT2D eigenvalue weighted by molar-refractivity contribution is 5.96. The van der Waals surface area contributed by atoms with Crippen molar-refractivity contribution in [3.63, 3.8) is 0 Å². The molecule has 0 radical (unpaired) electrons. The number of likely N-dealkylation sites (tertiary alicyclic amines) is 1. The lowest BCUT2D eigenvalue weighted by Gasteiger charge is -2.23. The molecule has 1 aliphatic heterocycles. The van der Waals surface area contributed by atoms with Crippen molar-refractivity contribution in [3.05, 3.63) is 60.1 Å². The van der Waals surface area contributed by atoms with Crippen LogP contribution < -0.4 is 20.1 Å². The zero-order valence-corrected chi connectivity index (χ0v) is 21.8. The van der Waals surface area contributed by atoms with E-state index in [0.29, 0.717) is 41.2 Å². The number of aliphatic hydroxyl groups excluding tert-OH is 1. The van der Waals surface area contributed by atoms with E-state index in [0.717, 1.165) is 44.1 Å². The molecule has 0 saturated carbocycles. The van der Waals surface area contributed by atoms with Crippen LogP contribution in [0.15, 0.2) is 42.7 Å². The summed E-state index contributed by atoms with van der Waals surface area (Å²) in [5.41, 5.74) is 6.34. The van der Waals surface area contributed by atoms with E-state index in [1.807, 2.05) is 0 Å². The first-order chi connectivity index (χ1) is 19.3. The number of halogens is 2. The molecular formula is C27H29F2N7O4. The average Bonchev–Trinajstić information content (AvgIpc) is 3.54. The number of methoxy groups -OCH3 is 1. The second-order valence-electron chi connectivity index (χ2n) is 9.52. The summed E-state index contributed by atoms with van der Waals surface area (Å²) in [5, 5.41) is 17.2. The van der Waals surface area contributed by atoms with Crippen LogP contribution in [0.3, 0.4) is 0 Å². The number of ether oxygens (including phenoxy) is 2. The van der Waals surface area contributed by atoms with Crippen molar-refractivity contribution < 1.29 is 28.2 Å². The largest absolute Gasteiger partial charge is 0.493 e. The van der Waals surface area contributed by atoms with Gasteiger partial charge in [0.2, 0.25) is 5.91 Å². The van der Waals surface area contributed by atoms with E-state index in [4.69, 9.17) is 15.2 Å². The Bertz CT molecular complexity index is 1500. The highest BCUT2D eigenvalue weighted by atomic mass is 19.1. The van der Waals surface area contributed by atoms with Gasteiger partial charge in [-0.2, -0.15) is 5.10 Å². The maximum absolute atomic E-state index is 14.3. The van der Waals surface area contributed by atoms with Crippen molar-refractivity contribution in [1.29, 1.82) is 0 Å². The maximum Gasteiger partial charge on any atom is 0.223 e. The van der Waals surface area contributed by atoms with Crippen molar-refractivity contribution in [3.8, 4) is 11.5 Å². The van der Waals surface area contributed by atoms with Crippen molar-refractivity contribution >= 4 is 34.1 Å². The molecule has 0 aliphatic carbocycles. The van der Waals surface area contributed by atoms with Gasteiger partial charge < -0.3 is 25.2 Å². The third-order valence-corrected chi connectivity index (χ3v) is 6.55. The van der Waals surface area contributed by atoms with Crippen LogP contribution in [0.2, 0.25) is 0 Å². The predicted octanol–water partition coefficient (Wildman–Crippen LogP) is 2.97. The van der Waals surface area contributed by atoms with Gasteiger partial charge >= 0.3 is 0 Å². The standard InChI is InChI=1S/C27H29F2N7O4/c1-39-23-12-21-22(13-24(23)40-6-2-4-35-5-3-20(37)14-35)31-15-32-27(21)36(19-8-16(28)7-17(29)9-19)26-11-18(33-34-26)10-25(30)38/h7-9,11-13,15,20,37H,2-6,10,14H2,1H3,(H2,30,38)(H,33,34)/t20-/m1/s1. The quantitative estimate of drug-likeness (QED) is 0.239. The fourth-order valence-corrected chi connectivity index (χ4v) is 4.76. The van der Waals surface area contributed by atoms with E-state index >= 15 is 0 Å². The maximum atomic E-state index is 14.3. The Morgan fingerprint density at radius 3 is 2.67 bits per heavy atom. The van der Waals surface area contributed by atoms with Crippen LogP contribution in [-0.4, -0.2) is 75.5 Å². The van der Waals surface area contributed by atoms with E-state index in [9.17, 15) is 18.7 Å². The molecule has 1 fully saturated rings. The number of benzene rings is 2. The molecular weight excluding hydrogens is 524 g/mol. The van der Waals surface area contributed by atoms with E-state index in [-0.39, 0.29) is 29.8 Å². The molecule has 1 atom stereocenters. The van der Waals surface area contributed by atoms with Gasteiger partial charge in [0.05, 0.1) is 37.4 Å². The molecule has 0 spiro atoms. The zero-order valence-electron chi connectivity index (χ0n) is 21.8. The Morgan fingerprint density at radius 2 is 1.98 bits per heavy atom. The molecule has 1 amide bonds. The number of nitrogens with one attached hydrogen (secondary N) is 1. The zero-order chi connectivity index (χ0) is 28.2. The number of carbonyl (C=O) groups excluding carboxylic acids is 1. The predicted molar refractivity (Wildman–Crippen MR) is 143 cm³/mol. The van der Waals surface area contributed by atoms with Gasteiger partial charge in [-0.3, -0.25) is 14.8 Å². The Hall–Kier alpha value is -4.36. The van der Waals surface area contributed by atoms with Crippen LogP contribution in [0, 0.1) is 11.6 Å². The Morgan fingerprint density at radius 1 is 1.18 bits per heavy atom. The Kier molecular flexibility index (Phi) is 8.03. The average molecular weight is 554 g/mol. The number of fused-ring (bicyclic) bond motifs is 1. The number of primary amides is 1. The van der Waals surface area contributed by atoms with Crippen molar-refractivity contribution in [2.24, 2.45) is 5.73 Å². The Balaban J connectivity index is 1.49. The van der Waals surface area contributed by atoms with Crippen LogP contribution in [0.25, 0.3) is 10.9 Å². The molecule has 3 heterocycles. The van der Waals surface area contributed by atoms with Gasteiger partial charge in [-0.05, 0) is 31.0 Å². The van der Waals surface area contributed by atoms with Gasteiger partial charge in [-0.15, -0.1) is 0 Å². The third kappa shape index (κ3) is 6.10. The molecule has 40 heavy (non-hydrogen) atoms. The molecule has 1 saturated heterocycles. The molecule has 1 aliphatic rings. The fraction of sp³-hybridized carbons (Fsp3) is 0.333. The number of hydrogen-bond acceptors (Lipinski definition) is 9. The van der Waals surface area contributed by atoms with Crippen LogP contribution in [0.4, 0.5) is 26.1 Å². The monoisotopic (exact) mass is 553 g/mol. The highest BCUT2D eigenvalue weighted by Crippen LogP contribution is 2.40. The van der Waals surface area contributed by atoms with Crippen LogP contribution >= 0.6 is 0 Å². The number of amides is 1. The number of rotatable bonds is 11. The minimum absolute atomic E-state index is 0.101. The van der Waals surface area contributed by atoms with Gasteiger partial charge in [0.1, 0.15) is 23.8 Å². The lowest BCUT2D eigenvalue weighted by Crippen LogP contribution is -2.24. The number of hydrogen-bond donors (Lipinski definition) is 3. The van der Waals surface area contributed by atoms with Crippen LogP contribution in [-0.2, 0) is 11.2 Å². The number of anilines is 3. The third-order valence-electron chi connectivity index (χ3n) is 6.55. The first-order valence-electron chi connectivity index (χ1n) is 12.8. The summed E-state index contributed by atoms with van der Waals surface area (Å²) in [6.07, 6.45) is 2.50. The second kappa shape index (κ2) is 11.8. The molecule has 0 bridgehead atoms. The minimum atomic E-state index is -0.789. The number of aromatic amines is 1. The number of aliphatic hydroxyl groups is 1. The summed E-state index contributed by atoms with van der Waals surface area (Å²) in [5.74, 6) is -0.751. The molecule has 11 nitrogen and oxygen atoms in total. The summed E-state index contributed by atoms with van der Waals surface area (Å²) in [7, 11) is 1.51. The summed E-state index contributed by atoms with van der Waals surface area (Å²) in [4.78, 5) is 23.9. The molecule has 2 aromatic heterocycles. The van der Waals surface area contributed by atoms with Gasteiger partial charge in [-0.25, -0.2) is 18.7 Å². The summed E-state index contributed by atoms with van der Waals surface area (Å²) in [6.45, 7) is 2.77. The number of nitrogens with zero attached hydrogens (tertiary/aromatic N) is 5. The van der Waals surface area contributed by atoms with Gasteiger partial charge in [-0.1, -0.05) is 0 Å². The van der Waals surface area contributed by atoms with Crippen LogP contribution in [0.5, 0.6) is 11.5 Å². The SMILES string of the molecule is COc1cc2c(N(c3cc(F)cc(F)c3)c3cc(CC(N)=O)[nH]n3)ncnc2cc1OCCCN1CC[C@@H](O)C1. The van der Waals surface area contributed by atoms with Crippen molar-refractivity contribution in [2.75, 3.05) is 38.3 Å². The number of H-pyrrole nitrogens is 1. The Labute approximate surface area is 228 Å². The smallest absolute Gasteiger partial charge is 0.223 e. The topological polar surface area (TPSA) is 143 Å². The van der Waals surface area contributed by atoms with Gasteiger partial charge in [0.25, 0.3) is 0 Å². The molecule has 4 N–H and O–H groups in total. The summed E-state index contributed by atoms with van der Waals surface area (Å²) in [6, 6.07) is 8.01. The van der Waals surface area contributed by atoms with Crippen molar-refractivity contribution in [2.45, 2.75) is 25.4 Å². The molecule has 5 rings (SSSR count). The number of carbonyl (C=O) groups is 1. The van der Waals surface area contributed by atoms with Gasteiger partial charge in [0.15, 0.2) is 17.3 Å². The summed E-state index contributed by atoms with van der Waals surface area (Å²) < 4.78 is 40.2. The fourth-order valence-electron chi connectivity index (χ4n) is 4.76. The minimum Gasteiger partial charge on any atom is -0.493 e. The first kappa shape index (κ1) is 27.2. The van der Waals surface area contributed by atoms with E-state index in [1.165, 1.54) is 18.3 Å². The molecule has 13 heteroatoms. The van der Waals surface area contributed by atoms with E-state index < -0.39 is 17.5 Å². The normalized spacial score (nSPS) is 15.4. The number of aromatic nitrogens is 4. The highest BCUT2D eigenvalue weighted by Gasteiger charge is 2.23. The molecule has 210 valence electrons. The molecule has 4 aromatic rings. The van der Waals surface area contributed by atoms with Gasteiger partial charge in [0, 0.05) is 48.9 Å². The molecule has 2 aromatic carbocycles. The summed E-state index contributed by atoms with van der Waals surface area (Å²) >= 11 is 0. The number of β-amino-alcohol motifs (C(OH)–C–C–N with tert-alkyl or cyclic N) is 1. The van der Waals surface area contributed by atoms with Crippen LogP contribution in [0.1, 0.15) is 18.5 Å². The van der Waals surface area contributed by atoms with E-state index in [1.54, 1.807) is 18.2 Å².